The van der Waals surface area contributed by atoms with E-state index in [9.17, 15) is 0 Å². The van der Waals surface area contributed by atoms with E-state index in [-0.39, 0.29) is 0 Å². The molecule has 1 saturated carbocycles. The predicted octanol–water partition coefficient (Wildman–Crippen LogP) is 2.72. The van der Waals surface area contributed by atoms with Crippen LogP contribution in [0.15, 0.2) is 12.4 Å². The van der Waals surface area contributed by atoms with Crippen molar-refractivity contribution < 1.29 is 4.74 Å². The van der Waals surface area contributed by atoms with Gasteiger partial charge in [0.1, 0.15) is 17.2 Å². The molecule has 0 aromatic carbocycles. The zero-order valence-electron chi connectivity index (χ0n) is 10.9. The molecule has 100 valence electrons. The van der Waals surface area contributed by atoms with Crippen LogP contribution in [0.25, 0.3) is 5.82 Å². The standard InChI is InChI=1S/C13H15ClN4O/c1-8-13(19-6-10-3-4-10)9(2)18(17-8)12-5-11(14)15-7-16-12/h5,7,10H,3-4,6H2,1-2H3. The van der Waals surface area contributed by atoms with Gasteiger partial charge in [-0.25, -0.2) is 14.6 Å². The van der Waals surface area contributed by atoms with E-state index in [0.29, 0.717) is 11.0 Å². The fraction of sp³-hybridized carbons (Fsp3) is 0.462. The summed E-state index contributed by atoms with van der Waals surface area (Å²) in [6, 6.07) is 1.69. The molecule has 1 aliphatic rings. The van der Waals surface area contributed by atoms with E-state index >= 15 is 0 Å². The van der Waals surface area contributed by atoms with E-state index < -0.39 is 0 Å². The minimum Gasteiger partial charge on any atom is -0.489 e. The first-order chi connectivity index (χ1) is 9.15. The lowest BCUT2D eigenvalue weighted by atomic mass is 10.3. The molecule has 0 radical (unpaired) electrons. The molecule has 5 nitrogen and oxygen atoms in total. The predicted molar refractivity (Wildman–Crippen MR) is 71.9 cm³/mol. The highest BCUT2D eigenvalue weighted by Crippen LogP contribution is 2.31. The second kappa shape index (κ2) is 4.81. The van der Waals surface area contributed by atoms with Crippen molar-refractivity contribution in [1.82, 2.24) is 19.7 Å². The Hall–Kier alpha value is -1.62. The van der Waals surface area contributed by atoms with E-state index in [2.05, 4.69) is 15.1 Å². The van der Waals surface area contributed by atoms with Crippen LogP contribution in [0.5, 0.6) is 5.75 Å². The molecule has 0 saturated heterocycles. The molecule has 2 aromatic rings. The molecule has 0 spiro atoms. The van der Waals surface area contributed by atoms with Crippen LogP contribution in [0.1, 0.15) is 24.2 Å². The first kappa shape index (κ1) is 12.4. The Morgan fingerprint density at radius 2 is 2.16 bits per heavy atom. The summed E-state index contributed by atoms with van der Waals surface area (Å²) in [6.07, 6.45) is 3.97. The third kappa shape index (κ3) is 2.56. The van der Waals surface area contributed by atoms with Gasteiger partial charge in [-0.05, 0) is 32.6 Å². The van der Waals surface area contributed by atoms with Crippen LogP contribution in [-0.4, -0.2) is 26.4 Å². The van der Waals surface area contributed by atoms with Gasteiger partial charge in [0.05, 0.1) is 12.3 Å². The molecule has 0 aliphatic heterocycles. The lowest BCUT2D eigenvalue weighted by molar-refractivity contribution is 0.296. The van der Waals surface area contributed by atoms with E-state index in [1.807, 2.05) is 13.8 Å². The summed E-state index contributed by atoms with van der Waals surface area (Å²) < 4.78 is 7.61. The van der Waals surface area contributed by atoms with Gasteiger partial charge in [-0.2, -0.15) is 5.10 Å². The lowest BCUT2D eigenvalue weighted by Gasteiger charge is -2.06. The van der Waals surface area contributed by atoms with Crippen molar-refractivity contribution in [1.29, 1.82) is 0 Å². The zero-order chi connectivity index (χ0) is 13.4. The molecule has 2 aromatic heterocycles. The maximum absolute atomic E-state index is 5.88. The van der Waals surface area contributed by atoms with Gasteiger partial charge in [0.2, 0.25) is 0 Å². The highest BCUT2D eigenvalue weighted by molar-refractivity contribution is 6.29. The molecule has 3 rings (SSSR count). The van der Waals surface area contributed by atoms with Crippen molar-refractivity contribution in [3.8, 4) is 11.6 Å². The highest BCUT2D eigenvalue weighted by Gasteiger charge is 2.24. The van der Waals surface area contributed by atoms with E-state index in [1.54, 1.807) is 10.7 Å². The molecule has 1 fully saturated rings. The van der Waals surface area contributed by atoms with Crippen molar-refractivity contribution >= 4 is 11.6 Å². The molecular weight excluding hydrogens is 264 g/mol. The Labute approximate surface area is 116 Å². The largest absolute Gasteiger partial charge is 0.489 e. The summed E-state index contributed by atoms with van der Waals surface area (Å²) in [6.45, 7) is 4.69. The summed E-state index contributed by atoms with van der Waals surface area (Å²) in [4.78, 5) is 8.06. The molecule has 1 aliphatic carbocycles. The molecular formula is C13H15ClN4O. The van der Waals surface area contributed by atoms with Gasteiger partial charge in [-0.1, -0.05) is 11.6 Å². The second-order valence-corrected chi connectivity index (χ2v) is 5.25. The zero-order valence-corrected chi connectivity index (χ0v) is 11.7. The average Bonchev–Trinajstić information content (AvgIpc) is 3.15. The van der Waals surface area contributed by atoms with Gasteiger partial charge < -0.3 is 4.74 Å². The molecule has 0 amide bonds. The Kier molecular flexibility index (Phi) is 3.14. The Bertz CT molecular complexity index is 607. The number of aryl methyl sites for hydroxylation is 1. The fourth-order valence-corrected chi connectivity index (χ4v) is 2.13. The molecule has 2 heterocycles. The highest BCUT2D eigenvalue weighted by atomic mass is 35.5. The monoisotopic (exact) mass is 278 g/mol. The van der Waals surface area contributed by atoms with E-state index in [1.165, 1.54) is 19.2 Å². The fourth-order valence-electron chi connectivity index (χ4n) is 1.99. The van der Waals surface area contributed by atoms with Crippen molar-refractivity contribution in [3.05, 3.63) is 28.9 Å². The smallest absolute Gasteiger partial charge is 0.163 e. The van der Waals surface area contributed by atoms with Crippen LogP contribution in [-0.2, 0) is 0 Å². The number of aromatic nitrogens is 4. The maximum Gasteiger partial charge on any atom is 0.163 e. The summed E-state index contributed by atoms with van der Waals surface area (Å²) in [5.74, 6) is 2.22. The Balaban J connectivity index is 1.91. The van der Waals surface area contributed by atoms with Gasteiger partial charge in [0.25, 0.3) is 0 Å². The number of rotatable bonds is 4. The van der Waals surface area contributed by atoms with Crippen LogP contribution < -0.4 is 4.74 Å². The van der Waals surface area contributed by atoms with Crippen LogP contribution >= 0.6 is 11.6 Å². The minimum atomic E-state index is 0.401. The molecule has 6 heteroatoms. The second-order valence-electron chi connectivity index (χ2n) is 4.87. The maximum atomic E-state index is 5.88. The van der Waals surface area contributed by atoms with Gasteiger partial charge in [-0.15, -0.1) is 0 Å². The van der Waals surface area contributed by atoms with Gasteiger partial charge >= 0.3 is 0 Å². The van der Waals surface area contributed by atoms with Gasteiger partial charge in [0.15, 0.2) is 11.6 Å². The average molecular weight is 279 g/mol. The van der Waals surface area contributed by atoms with Crippen molar-refractivity contribution in [2.45, 2.75) is 26.7 Å². The van der Waals surface area contributed by atoms with E-state index in [4.69, 9.17) is 16.3 Å². The van der Waals surface area contributed by atoms with Crippen molar-refractivity contribution in [3.63, 3.8) is 0 Å². The topological polar surface area (TPSA) is 52.8 Å². The number of ether oxygens (including phenoxy) is 1. The number of halogens is 1. The van der Waals surface area contributed by atoms with E-state index in [0.717, 1.165) is 29.7 Å². The minimum absolute atomic E-state index is 0.401. The molecule has 0 atom stereocenters. The lowest BCUT2D eigenvalue weighted by Crippen LogP contribution is -2.03. The van der Waals surface area contributed by atoms with Crippen LogP contribution in [0.3, 0.4) is 0 Å². The van der Waals surface area contributed by atoms with Gasteiger partial charge in [0, 0.05) is 6.07 Å². The van der Waals surface area contributed by atoms with Crippen LogP contribution in [0.4, 0.5) is 0 Å². The SMILES string of the molecule is Cc1nn(-c2cc(Cl)ncn2)c(C)c1OCC1CC1. The molecule has 0 unspecified atom stereocenters. The summed E-state index contributed by atoms with van der Waals surface area (Å²) in [7, 11) is 0. The summed E-state index contributed by atoms with van der Waals surface area (Å²) >= 11 is 5.88. The van der Waals surface area contributed by atoms with Crippen LogP contribution in [0.2, 0.25) is 5.15 Å². The first-order valence-corrected chi connectivity index (χ1v) is 6.70. The summed E-state index contributed by atoms with van der Waals surface area (Å²) in [5.41, 5.74) is 1.81. The number of nitrogens with zero attached hydrogens (tertiary/aromatic N) is 4. The molecule has 0 bridgehead atoms. The summed E-state index contributed by atoms with van der Waals surface area (Å²) in [5, 5.41) is 4.86. The third-order valence-corrected chi connectivity index (χ3v) is 3.43. The molecule has 19 heavy (non-hydrogen) atoms. The molecule has 0 N–H and O–H groups in total. The van der Waals surface area contributed by atoms with Crippen molar-refractivity contribution in [2.75, 3.05) is 6.61 Å². The van der Waals surface area contributed by atoms with Crippen molar-refractivity contribution in [2.24, 2.45) is 5.92 Å². The van der Waals surface area contributed by atoms with Crippen LogP contribution in [0, 0.1) is 19.8 Å². The quantitative estimate of drug-likeness (QED) is 0.807. The number of hydrogen-bond acceptors (Lipinski definition) is 4. The normalized spacial score (nSPS) is 14.7. The Morgan fingerprint density at radius 3 is 2.84 bits per heavy atom. The third-order valence-electron chi connectivity index (χ3n) is 3.22. The Morgan fingerprint density at radius 1 is 1.37 bits per heavy atom. The number of hydrogen-bond donors (Lipinski definition) is 0. The van der Waals surface area contributed by atoms with Gasteiger partial charge in [-0.3, -0.25) is 0 Å². The first-order valence-electron chi connectivity index (χ1n) is 6.32.